The Balaban J connectivity index is 0.00000253. The van der Waals surface area contributed by atoms with E-state index < -0.39 is 23.6 Å². The van der Waals surface area contributed by atoms with Gasteiger partial charge in [0.15, 0.2) is 0 Å². The zero-order valence-corrected chi connectivity index (χ0v) is 16.2. The summed E-state index contributed by atoms with van der Waals surface area (Å²) in [7, 11) is 1.02. The molecule has 150 valence electrons. The van der Waals surface area contributed by atoms with Gasteiger partial charge in [-0.3, -0.25) is 9.79 Å². The number of allylic oxidation sites excluding steroid dienone is 2. The molecule has 0 aliphatic rings. The highest BCUT2D eigenvalue weighted by atomic mass is 32.1. The molecule has 0 saturated heterocycles. The maximum Gasteiger partial charge on any atom is 0.432 e. The summed E-state index contributed by atoms with van der Waals surface area (Å²) >= 11 is 0.970. The number of thiophene rings is 1. The summed E-state index contributed by atoms with van der Waals surface area (Å²) < 4.78 is 52.0. The molecule has 0 bridgehead atoms. The number of terminal acetylenes is 1. The number of hydrogen-bond acceptors (Lipinski definition) is 3. The molecule has 1 amide bonds. The normalized spacial score (nSPS) is 11.9. The second-order valence-corrected chi connectivity index (χ2v) is 5.99. The number of carbonyl (C=O) groups excluding carboxylic acids is 1. The quantitative estimate of drug-likeness (QED) is 0.370. The van der Waals surface area contributed by atoms with Crippen molar-refractivity contribution in [1.29, 1.82) is 0 Å². The van der Waals surface area contributed by atoms with Crippen molar-refractivity contribution >= 4 is 33.5 Å². The van der Waals surface area contributed by atoms with Gasteiger partial charge in [0.05, 0.1) is 10.6 Å². The van der Waals surface area contributed by atoms with Crippen molar-refractivity contribution in [3.05, 3.63) is 58.7 Å². The van der Waals surface area contributed by atoms with Crippen molar-refractivity contribution in [3.8, 4) is 12.3 Å². The van der Waals surface area contributed by atoms with Crippen molar-refractivity contribution in [2.75, 3.05) is 12.4 Å². The highest BCUT2D eigenvalue weighted by molar-refractivity contribution is 7.17. The van der Waals surface area contributed by atoms with Crippen LogP contribution in [0.4, 0.5) is 22.6 Å². The van der Waals surface area contributed by atoms with Crippen LogP contribution in [0.1, 0.15) is 30.5 Å². The second-order valence-electron chi connectivity index (χ2n) is 4.91. The molecule has 0 radical (unpaired) electrons. The van der Waals surface area contributed by atoms with E-state index in [-0.39, 0.29) is 12.6 Å². The molecule has 1 aromatic heterocycles. The zero-order chi connectivity index (χ0) is 21.3. The van der Waals surface area contributed by atoms with Gasteiger partial charge in [-0.15, -0.1) is 17.8 Å². The number of alkyl halides is 3. The van der Waals surface area contributed by atoms with Gasteiger partial charge in [0.25, 0.3) is 5.91 Å². The molecule has 2 rings (SSSR count). The lowest BCUT2D eigenvalue weighted by Crippen LogP contribution is -2.20. The van der Waals surface area contributed by atoms with E-state index in [0.29, 0.717) is 9.88 Å². The number of amides is 1. The summed E-state index contributed by atoms with van der Waals surface area (Å²) in [6.45, 7) is 4.00. The van der Waals surface area contributed by atoms with Gasteiger partial charge < -0.3 is 5.32 Å². The SMILES string of the molecule is C#C/C(=C\C(=NC)C(F)(F)F)c1ccc(NC(=O)c2ccccc2F)s1.CC.[HH]. The third-order valence-electron chi connectivity index (χ3n) is 3.19. The van der Waals surface area contributed by atoms with Gasteiger partial charge in [-0.1, -0.05) is 31.9 Å². The molecule has 1 aromatic carbocycles. The molecular formula is C20H20F4N2OS. The first kappa shape index (κ1) is 23.1. The molecule has 8 heteroatoms. The smallest absolute Gasteiger partial charge is 0.313 e. The van der Waals surface area contributed by atoms with Crippen molar-refractivity contribution in [3.63, 3.8) is 0 Å². The Kier molecular flexibility index (Phi) is 8.61. The highest BCUT2D eigenvalue weighted by Gasteiger charge is 2.33. The minimum absolute atomic E-state index is 0. The summed E-state index contributed by atoms with van der Waals surface area (Å²) in [5.41, 5.74) is -1.29. The lowest BCUT2D eigenvalue weighted by molar-refractivity contribution is -0.0577. The number of nitrogens with one attached hydrogen (secondary N) is 1. The van der Waals surface area contributed by atoms with E-state index in [4.69, 9.17) is 6.42 Å². The average molecular weight is 412 g/mol. The number of hydrogen-bond donors (Lipinski definition) is 1. The van der Waals surface area contributed by atoms with Crippen LogP contribution in [-0.4, -0.2) is 24.8 Å². The average Bonchev–Trinajstić information content (AvgIpc) is 3.11. The summed E-state index contributed by atoms with van der Waals surface area (Å²) in [5.74, 6) is 0.828. The molecule has 0 fully saturated rings. The van der Waals surface area contributed by atoms with Crippen LogP contribution in [0.2, 0.25) is 0 Å². The fraction of sp³-hybridized carbons (Fsp3) is 0.200. The molecular weight excluding hydrogens is 392 g/mol. The monoisotopic (exact) mass is 412 g/mol. The van der Waals surface area contributed by atoms with Crippen LogP contribution in [0.15, 0.2) is 47.5 Å². The Bertz CT molecular complexity index is 927. The molecule has 1 heterocycles. The molecule has 0 unspecified atom stereocenters. The van der Waals surface area contributed by atoms with E-state index in [1.165, 1.54) is 30.3 Å². The van der Waals surface area contributed by atoms with E-state index in [1.807, 2.05) is 13.8 Å². The Labute approximate surface area is 166 Å². The van der Waals surface area contributed by atoms with Gasteiger partial charge in [0.1, 0.15) is 11.5 Å². The van der Waals surface area contributed by atoms with Gasteiger partial charge in [-0.2, -0.15) is 13.2 Å². The number of aliphatic imine (C=N–C) groups is 1. The summed E-state index contributed by atoms with van der Waals surface area (Å²) in [5, 5.41) is 2.80. The van der Waals surface area contributed by atoms with Crippen LogP contribution in [-0.2, 0) is 0 Å². The maximum absolute atomic E-state index is 13.6. The van der Waals surface area contributed by atoms with Crippen LogP contribution >= 0.6 is 11.3 Å². The van der Waals surface area contributed by atoms with Crippen molar-refractivity contribution in [2.24, 2.45) is 4.99 Å². The van der Waals surface area contributed by atoms with Gasteiger partial charge in [-0.05, 0) is 30.3 Å². The van der Waals surface area contributed by atoms with E-state index in [9.17, 15) is 22.4 Å². The molecule has 0 aliphatic carbocycles. The molecule has 3 nitrogen and oxygen atoms in total. The summed E-state index contributed by atoms with van der Waals surface area (Å²) in [6.07, 6.45) is 1.43. The Morgan fingerprint density at radius 1 is 1.25 bits per heavy atom. The van der Waals surface area contributed by atoms with E-state index in [2.05, 4.69) is 16.2 Å². The predicted octanol–water partition coefficient (Wildman–Crippen LogP) is 6.06. The Hall–Kier alpha value is -2.92. The first-order chi connectivity index (χ1) is 13.3. The largest absolute Gasteiger partial charge is 0.432 e. The van der Waals surface area contributed by atoms with Gasteiger partial charge in [0, 0.05) is 18.9 Å². The second kappa shape index (κ2) is 10.4. The molecule has 28 heavy (non-hydrogen) atoms. The lowest BCUT2D eigenvalue weighted by Gasteiger charge is -2.06. The Morgan fingerprint density at radius 3 is 2.43 bits per heavy atom. The number of nitrogens with zero attached hydrogens (tertiary/aromatic N) is 1. The minimum Gasteiger partial charge on any atom is -0.313 e. The fourth-order valence-electron chi connectivity index (χ4n) is 1.97. The van der Waals surface area contributed by atoms with Crippen molar-refractivity contribution in [1.82, 2.24) is 0 Å². The summed E-state index contributed by atoms with van der Waals surface area (Å²) in [4.78, 5) is 15.6. The lowest BCUT2D eigenvalue weighted by atomic mass is 10.1. The number of benzene rings is 1. The molecule has 0 atom stereocenters. The molecule has 0 aliphatic heterocycles. The fourth-order valence-corrected chi connectivity index (χ4v) is 2.85. The van der Waals surface area contributed by atoms with E-state index in [0.717, 1.165) is 30.5 Å². The van der Waals surface area contributed by atoms with Crippen LogP contribution in [0.5, 0.6) is 0 Å². The van der Waals surface area contributed by atoms with E-state index in [1.54, 1.807) is 0 Å². The number of halogens is 4. The third kappa shape index (κ3) is 6.06. The highest BCUT2D eigenvalue weighted by Crippen LogP contribution is 2.30. The number of anilines is 1. The van der Waals surface area contributed by atoms with E-state index >= 15 is 0 Å². The zero-order valence-electron chi connectivity index (χ0n) is 15.4. The van der Waals surface area contributed by atoms with Gasteiger partial charge >= 0.3 is 6.18 Å². The first-order valence-corrected chi connectivity index (χ1v) is 8.96. The first-order valence-electron chi connectivity index (χ1n) is 8.14. The minimum atomic E-state index is -4.63. The van der Waals surface area contributed by atoms with Crippen LogP contribution in [0, 0.1) is 18.2 Å². The maximum atomic E-state index is 13.6. The summed E-state index contributed by atoms with van der Waals surface area (Å²) in [6, 6.07) is 8.37. The molecule has 0 saturated carbocycles. The molecule has 1 N–H and O–H groups in total. The third-order valence-corrected chi connectivity index (χ3v) is 4.23. The van der Waals surface area contributed by atoms with Gasteiger partial charge in [-0.25, -0.2) is 4.39 Å². The topological polar surface area (TPSA) is 41.5 Å². The molecule has 2 aromatic rings. The van der Waals surface area contributed by atoms with Crippen molar-refractivity contribution < 1.29 is 23.8 Å². The standard InChI is InChI=1S/C18H12F4N2OS.C2H6.H2/c1-3-11(10-15(23-2)18(20,21)22)14-8-9-16(26-14)24-17(25)12-6-4-5-7-13(12)19;1-2;/h1,4-10H,2H3,(H,24,25);1-2H3;1H/b11-10+,23-15?;;. The van der Waals surface area contributed by atoms with Crippen molar-refractivity contribution in [2.45, 2.75) is 20.0 Å². The molecule has 0 spiro atoms. The van der Waals surface area contributed by atoms with Crippen LogP contribution in [0.3, 0.4) is 0 Å². The predicted molar refractivity (Wildman–Crippen MR) is 108 cm³/mol. The Morgan fingerprint density at radius 2 is 1.89 bits per heavy atom. The van der Waals surface area contributed by atoms with Gasteiger partial charge in [0.2, 0.25) is 0 Å². The number of carbonyl (C=O) groups is 1. The number of rotatable bonds is 4. The van der Waals surface area contributed by atoms with Crippen LogP contribution in [0.25, 0.3) is 5.57 Å². The van der Waals surface area contributed by atoms with Crippen LogP contribution < -0.4 is 5.32 Å².